The summed E-state index contributed by atoms with van der Waals surface area (Å²) in [5.41, 5.74) is 5.04. The van der Waals surface area contributed by atoms with E-state index in [0.29, 0.717) is 12.8 Å². The van der Waals surface area contributed by atoms with E-state index in [9.17, 15) is 4.79 Å². The van der Waals surface area contributed by atoms with Gasteiger partial charge in [0, 0.05) is 7.11 Å². The van der Waals surface area contributed by atoms with E-state index in [4.69, 9.17) is 15.6 Å². The lowest BCUT2D eigenvalue weighted by Crippen LogP contribution is -2.33. The molecule has 12 heavy (non-hydrogen) atoms. The second-order valence-corrected chi connectivity index (χ2v) is 3.45. The highest BCUT2D eigenvalue weighted by Crippen LogP contribution is 2.15. The van der Waals surface area contributed by atoms with Gasteiger partial charge in [-0.2, -0.15) is 0 Å². The fourth-order valence-corrected chi connectivity index (χ4v) is 0.729. The van der Waals surface area contributed by atoms with Gasteiger partial charge >= 0.3 is 5.97 Å². The summed E-state index contributed by atoms with van der Waals surface area (Å²) in [5.74, 6) is -0.957. The van der Waals surface area contributed by atoms with Crippen molar-refractivity contribution in [2.75, 3.05) is 7.11 Å². The number of aliphatic carboxylic acids is 1. The van der Waals surface area contributed by atoms with Gasteiger partial charge in [-0.25, -0.2) is 0 Å². The molecule has 0 aliphatic carbocycles. The number of hydrogen-bond acceptors (Lipinski definition) is 3. The van der Waals surface area contributed by atoms with Gasteiger partial charge in [-0.1, -0.05) is 0 Å². The first-order valence-electron chi connectivity index (χ1n) is 3.92. The Balaban J connectivity index is 3.75. The molecule has 4 heteroatoms. The zero-order valence-electron chi connectivity index (χ0n) is 7.83. The van der Waals surface area contributed by atoms with E-state index in [0.717, 1.165) is 0 Å². The first-order chi connectivity index (χ1) is 5.39. The molecule has 0 saturated carbocycles. The highest BCUT2D eigenvalue weighted by atomic mass is 16.5. The van der Waals surface area contributed by atoms with Gasteiger partial charge in [0.2, 0.25) is 0 Å². The highest BCUT2D eigenvalue weighted by Gasteiger charge is 2.20. The fourth-order valence-electron chi connectivity index (χ4n) is 0.729. The Kier molecular flexibility index (Phi) is 4.20. The normalized spacial score (nSPS) is 14.3. The van der Waals surface area contributed by atoms with Crippen LogP contribution in [-0.4, -0.2) is 29.8 Å². The maximum atomic E-state index is 10.3. The van der Waals surface area contributed by atoms with Crippen LogP contribution in [0.4, 0.5) is 0 Å². The lowest BCUT2D eigenvalue weighted by molar-refractivity contribution is -0.138. The molecule has 72 valence electrons. The topological polar surface area (TPSA) is 72.5 Å². The zero-order chi connectivity index (χ0) is 9.78. The monoisotopic (exact) mass is 175 g/mol. The first kappa shape index (κ1) is 11.4. The second-order valence-electron chi connectivity index (χ2n) is 3.45. The predicted octanol–water partition coefficient (Wildman–Crippen LogP) is 0.603. The molecule has 4 nitrogen and oxygen atoms in total. The SMILES string of the molecule is COC(C)(C)CCC(N)C(=O)O. The summed E-state index contributed by atoms with van der Waals surface area (Å²) in [6.45, 7) is 3.81. The van der Waals surface area contributed by atoms with Crippen LogP contribution in [-0.2, 0) is 9.53 Å². The standard InChI is InChI=1S/C8H17NO3/c1-8(2,12-3)5-4-6(9)7(10)11/h6H,4-5,9H2,1-3H3,(H,10,11). The number of methoxy groups -OCH3 is 1. The van der Waals surface area contributed by atoms with E-state index in [1.165, 1.54) is 0 Å². The van der Waals surface area contributed by atoms with Crippen LogP contribution in [0, 0.1) is 0 Å². The van der Waals surface area contributed by atoms with Crippen molar-refractivity contribution in [2.24, 2.45) is 5.73 Å². The summed E-state index contributed by atoms with van der Waals surface area (Å²) in [6, 6.07) is -0.778. The molecule has 0 amide bonds. The van der Waals surface area contributed by atoms with Gasteiger partial charge in [0.1, 0.15) is 6.04 Å². The Morgan fingerprint density at radius 1 is 1.67 bits per heavy atom. The van der Waals surface area contributed by atoms with Crippen LogP contribution in [0.25, 0.3) is 0 Å². The summed E-state index contributed by atoms with van der Waals surface area (Å²) < 4.78 is 5.12. The Morgan fingerprint density at radius 2 is 2.17 bits per heavy atom. The van der Waals surface area contributed by atoms with Gasteiger partial charge in [-0.15, -0.1) is 0 Å². The molecule has 0 aliphatic heterocycles. The maximum Gasteiger partial charge on any atom is 0.320 e. The van der Waals surface area contributed by atoms with Crippen molar-refractivity contribution < 1.29 is 14.6 Å². The summed E-state index contributed by atoms with van der Waals surface area (Å²) in [6.07, 6.45) is 1.09. The highest BCUT2D eigenvalue weighted by molar-refractivity contribution is 5.72. The summed E-state index contributed by atoms with van der Waals surface area (Å²) in [5, 5.41) is 8.49. The third-order valence-corrected chi connectivity index (χ3v) is 1.93. The fraction of sp³-hybridized carbons (Fsp3) is 0.875. The minimum atomic E-state index is -0.957. The van der Waals surface area contributed by atoms with Crippen molar-refractivity contribution in [3.8, 4) is 0 Å². The maximum absolute atomic E-state index is 10.3. The van der Waals surface area contributed by atoms with E-state index < -0.39 is 12.0 Å². The van der Waals surface area contributed by atoms with Gasteiger partial charge in [-0.05, 0) is 26.7 Å². The molecule has 0 aliphatic rings. The lowest BCUT2D eigenvalue weighted by atomic mass is 9.99. The van der Waals surface area contributed by atoms with Gasteiger partial charge in [0.05, 0.1) is 5.60 Å². The minimum absolute atomic E-state index is 0.285. The third kappa shape index (κ3) is 4.31. The molecular formula is C8H17NO3. The van der Waals surface area contributed by atoms with Crippen LogP contribution in [0.1, 0.15) is 26.7 Å². The van der Waals surface area contributed by atoms with Crippen molar-refractivity contribution in [1.82, 2.24) is 0 Å². The molecule has 0 aromatic heterocycles. The smallest absolute Gasteiger partial charge is 0.320 e. The largest absolute Gasteiger partial charge is 0.480 e. The van der Waals surface area contributed by atoms with Crippen LogP contribution in [0.2, 0.25) is 0 Å². The molecule has 1 atom stereocenters. The molecule has 0 aromatic rings. The number of nitrogens with two attached hydrogens (primary N) is 1. The number of rotatable bonds is 5. The number of ether oxygens (including phenoxy) is 1. The molecule has 0 bridgehead atoms. The van der Waals surface area contributed by atoms with E-state index in [1.54, 1.807) is 7.11 Å². The van der Waals surface area contributed by atoms with Crippen LogP contribution in [0.5, 0.6) is 0 Å². The summed E-state index contributed by atoms with van der Waals surface area (Å²) >= 11 is 0. The molecule has 0 fully saturated rings. The molecular weight excluding hydrogens is 158 g/mol. The Morgan fingerprint density at radius 3 is 2.50 bits per heavy atom. The predicted molar refractivity (Wildman–Crippen MR) is 45.9 cm³/mol. The third-order valence-electron chi connectivity index (χ3n) is 1.93. The second kappa shape index (κ2) is 4.42. The Labute approximate surface area is 72.7 Å². The first-order valence-corrected chi connectivity index (χ1v) is 3.92. The molecule has 0 aromatic carbocycles. The quantitative estimate of drug-likeness (QED) is 0.642. The van der Waals surface area contributed by atoms with E-state index >= 15 is 0 Å². The average molecular weight is 175 g/mol. The van der Waals surface area contributed by atoms with Crippen LogP contribution in [0.3, 0.4) is 0 Å². The van der Waals surface area contributed by atoms with E-state index in [1.807, 2.05) is 13.8 Å². The number of carboxylic acids is 1. The lowest BCUT2D eigenvalue weighted by Gasteiger charge is -2.23. The summed E-state index contributed by atoms with van der Waals surface area (Å²) in [7, 11) is 1.60. The van der Waals surface area contributed by atoms with Crippen molar-refractivity contribution in [3.05, 3.63) is 0 Å². The zero-order valence-corrected chi connectivity index (χ0v) is 7.83. The minimum Gasteiger partial charge on any atom is -0.480 e. The molecule has 1 unspecified atom stereocenters. The van der Waals surface area contributed by atoms with Gasteiger partial charge in [-0.3, -0.25) is 4.79 Å². The molecule has 0 spiro atoms. The average Bonchev–Trinajstić information content (AvgIpc) is 2.00. The van der Waals surface area contributed by atoms with E-state index in [-0.39, 0.29) is 5.60 Å². The number of carbonyl (C=O) groups is 1. The number of hydrogen-bond donors (Lipinski definition) is 2. The molecule has 0 rings (SSSR count). The van der Waals surface area contributed by atoms with Crippen molar-refractivity contribution >= 4 is 5.97 Å². The Hall–Kier alpha value is -0.610. The molecule has 3 N–H and O–H groups in total. The van der Waals surface area contributed by atoms with Gasteiger partial charge in [0.15, 0.2) is 0 Å². The summed E-state index contributed by atoms with van der Waals surface area (Å²) in [4.78, 5) is 10.3. The number of carboxylic acid groups (broad SMARTS) is 1. The van der Waals surface area contributed by atoms with Crippen LogP contribution >= 0.6 is 0 Å². The molecule has 0 heterocycles. The van der Waals surface area contributed by atoms with Gasteiger partial charge < -0.3 is 15.6 Å². The van der Waals surface area contributed by atoms with Crippen LogP contribution < -0.4 is 5.73 Å². The van der Waals surface area contributed by atoms with Crippen molar-refractivity contribution in [2.45, 2.75) is 38.3 Å². The van der Waals surface area contributed by atoms with Crippen molar-refractivity contribution in [3.63, 3.8) is 0 Å². The molecule has 0 radical (unpaired) electrons. The van der Waals surface area contributed by atoms with Crippen LogP contribution in [0.15, 0.2) is 0 Å². The van der Waals surface area contributed by atoms with E-state index in [2.05, 4.69) is 0 Å². The molecule has 0 saturated heterocycles. The Bertz CT molecular complexity index is 156. The van der Waals surface area contributed by atoms with Gasteiger partial charge in [0.25, 0.3) is 0 Å². The van der Waals surface area contributed by atoms with Crippen molar-refractivity contribution in [1.29, 1.82) is 0 Å².